The van der Waals surface area contributed by atoms with E-state index in [1.54, 1.807) is 66.7 Å². The van der Waals surface area contributed by atoms with Gasteiger partial charge in [0.25, 0.3) is 11.8 Å². The van der Waals surface area contributed by atoms with Crippen LogP contribution in [-0.2, 0) is 4.79 Å². The van der Waals surface area contributed by atoms with E-state index in [2.05, 4.69) is 15.8 Å². The molecule has 3 rings (SSSR count). The number of nitrogens with zero attached hydrogens (tertiary/aromatic N) is 1. The minimum absolute atomic E-state index is 0.241. The first-order chi connectivity index (χ1) is 14.9. The third-order valence-corrected chi connectivity index (χ3v) is 4.83. The zero-order valence-electron chi connectivity index (χ0n) is 15.9. The molecular weight excluding hydrogens is 461 g/mol. The molecule has 3 aromatic carbocycles. The lowest BCUT2D eigenvalue weighted by atomic mass is 10.2. The number of ether oxygens (including phenoxy) is 1. The lowest BCUT2D eigenvalue weighted by molar-refractivity contribution is -0.118. The number of para-hydroxylation sites is 1. The lowest BCUT2D eigenvalue weighted by Crippen LogP contribution is -2.20. The van der Waals surface area contributed by atoms with Crippen molar-refractivity contribution < 1.29 is 14.3 Å². The van der Waals surface area contributed by atoms with Crippen molar-refractivity contribution in [3.63, 3.8) is 0 Å². The number of benzene rings is 3. The van der Waals surface area contributed by atoms with Gasteiger partial charge in [0, 0.05) is 10.6 Å². The van der Waals surface area contributed by atoms with Gasteiger partial charge in [-0.15, -0.1) is 0 Å². The zero-order chi connectivity index (χ0) is 22.2. The molecule has 0 spiro atoms. The maximum absolute atomic E-state index is 12.1. The third kappa shape index (κ3) is 6.72. The summed E-state index contributed by atoms with van der Waals surface area (Å²) in [6.07, 6.45) is 1.44. The van der Waals surface area contributed by atoms with Gasteiger partial charge in [0.2, 0.25) is 0 Å². The first-order valence-electron chi connectivity index (χ1n) is 8.98. The number of carbonyl (C=O) groups is 2. The van der Waals surface area contributed by atoms with Crippen LogP contribution in [0.1, 0.15) is 15.9 Å². The molecule has 0 heterocycles. The molecule has 9 heteroatoms. The first-order valence-corrected chi connectivity index (χ1v) is 10.1. The van der Waals surface area contributed by atoms with Crippen LogP contribution in [0.2, 0.25) is 15.1 Å². The molecule has 2 N–H and O–H groups in total. The molecule has 158 valence electrons. The van der Waals surface area contributed by atoms with Gasteiger partial charge in [-0.05, 0) is 60.2 Å². The van der Waals surface area contributed by atoms with Crippen molar-refractivity contribution in [2.24, 2.45) is 5.10 Å². The minimum Gasteiger partial charge on any atom is -0.482 e. The Morgan fingerprint density at radius 1 is 0.935 bits per heavy atom. The van der Waals surface area contributed by atoms with Crippen LogP contribution in [0, 0.1) is 0 Å². The van der Waals surface area contributed by atoms with Gasteiger partial charge in [-0.1, -0.05) is 46.9 Å². The van der Waals surface area contributed by atoms with Gasteiger partial charge < -0.3 is 10.1 Å². The van der Waals surface area contributed by atoms with Crippen LogP contribution in [0.4, 0.5) is 5.69 Å². The summed E-state index contributed by atoms with van der Waals surface area (Å²) >= 11 is 18.0. The standard InChI is InChI=1S/C22H16Cl3N3O3/c23-16-8-6-15(7-9-16)22(30)28-26-12-14-5-10-20(18(25)11-14)31-13-21(29)27-19-4-2-1-3-17(19)24/h1-12H,13H2,(H,27,29)(H,28,30)/b26-12+. The van der Waals surface area contributed by atoms with E-state index in [0.29, 0.717) is 37.6 Å². The first kappa shape index (κ1) is 22.6. The molecule has 0 aliphatic rings. The molecule has 0 saturated heterocycles. The number of rotatable bonds is 7. The van der Waals surface area contributed by atoms with Crippen molar-refractivity contribution in [3.05, 3.63) is 92.9 Å². The van der Waals surface area contributed by atoms with Crippen molar-refractivity contribution in [3.8, 4) is 5.75 Å². The number of amides is 2. The van der Waals surface area contributed by atoms with E-state index in [-0.39, 0.29) is 18.4 Å². The van der Waals surface area contributed by atoms with E-state index in [9.17, 15) is 9.59 Å². The molecule has 0 unspecified atom stereocenters. The average Bonchev–Trinajstić information content (AvgIpc) is 2.75. The highest BCUT2D eigenvalue weighted by Gasteiger charge is 2.09. The van der Waals surface area contributed by atoms with Gasteiger partial charge in [0.05, 0.1) is 21.9 Å². The number of halogens is 3. The highest BCUT2D eigenvalue weighted by molar-refractivity contribution is 6.33. The highest BCUT2D eigenvalue weighted by Crippen LogP contribution is 2.25. The van der Waals surface area contributed by atoms with Gasteiger partial charge >= 0.3 is 0 Å². The van der Waals surface area contributed by atoms with Crippen LogP contribution >= 0.6 is 34.8 Å². The summed E-state index contributed by atoms with van der Waals surface area (Å²) in [6, 6.07) is 18.2. The zero-order valence-corrected chi connectivity index (χ0v) is 18.2. The summed E-state index contributed by atoms with van der Waals surface area (Å²) in [6.45, 7) is -0.241. The Balaban J connectivity index is 1.52. The van der Waals surface area contributed by atoms with Gasteiger partial charge in [-0.25, -0.2) is 5.43 Å². The van der Waals surface area contributed by atoms with Gasteiger partial charge in [0.15, 0.2) is 6.61 Å². The number of hydrogen-bond donors (Lipinski definition) is 2. The lowest BCUT2D eigenvalue weighted by Gasteiger charge is -2.10. The Morgan fingerprint density at radius 2 is 1.68 bits per heavy atom. The maximum Gasteiger partial charge on any atom is 0.271 e. The molecule has 0 atom stereocenters. The van der Waals surface area contributed by atoms with Crippen LogP contribution in [0.5, 0.6) is 5.75 Å². The fourth-order valence-corrected chi connectivity index (χ4v) is 2.99. The molecule has 0 aliphatic carbocycles. The summed E-state index contributed by atoms with van der Waals surface area (Å²) in [5, 5.41) is 7.83. The van der Waals surface area contributed by atoms with E-state index in [1.165, 1.54) is 6.21 Å². The van der Waals surface area contributed by atoms with E-state index < -0.39 is 0 Å². The van der Waals surface area contributed by atoms with Crippen LogP contribution in [0.15, 0.2) is 71.8 Å². The van der Waals surface area contributed by atoms with E-state index in [0.717, 1.165) is 0 Å². The van der Waals surface area contributed by atoms with Crippen molar-refractivity contribution in [2.75, 3.05) is 11.9 Å². The smallest absolute Gasteiger partial charge is 0.271 e. The number of anilines is 1. The molecule has 6 nitrogen and oxygen atoms in total. The Labute approximate surface area is 193 Å². The SMILES string of the molecule is O=C(COc1ccc(/C=N/NC(=O)c2ccc(Cl)cc2)cc1Cl)Nc1ccccc1Cl. The average molecular weight is 477 g/mol. The molecule has 3 aromatic rings. The Hall–Kier alpha value is -3.06. The van der Waals surface area contributed by atoms with Crippen molar-refractivity contribution in [1.82, 2.24) is 5.43 Å². The van der Waals surface area contributed by atoms with Gasteiger partial charge in [-0.3, -0.25) is 9.59 Å². The Kier molecular flexibility index (Phi) is 7.89. The van der Waals surface area contributed by atoms with Crippen LogP contribution < -0.4 is 15.5 Å². The summed E-state index contributed by atoms with van der Waals surface area (Å²) in [5.41, 5.74) is 3.98. The normalized spacial score (nSPS) is 10.7. The molecule has 0 aliphatic heterocycles. The summed E-state index contributed by atoms with van der Waals surface area (Å²) in [7, 11) is 0. The fraction of sp³-hybridized carbons (Fsp3) is 0.0455. The van der Waals surface area contributed by atoms with E-state index >= 15 is 0 Å². The van der Waals surface area contributed by atoms with Crippen LogP contribution in [0.3, 0.4) is 0 Å². The van der Waals surface area contributed by atoms with Crippen molar-refractivity contribution in [2.45, 2.75) is 0 Å². The van der Waals surface area contributed by atoms with Crippen molar-refractivity contribution >= 4 is 58.5 Å². The molecule has 0 fully saturated rings. The second-order valence-corrected chi connectivity index (χ2v) is 7.46. The summed E-state index contributed by atoms with van der Waals surface area (Å²) in [4.78, 5) is 24.1. The fourth-order valence-electron chi connectivity index (χ4n) is 2.44. The van der Waals surface area contributed by atoms with Crippen LogP contribution in [-0.4, -0.2) is 24.6 Å². The predicted octanol–water partition coefficient (Wildman–Crippen LogP) is 5.43. The van der Waals surface area contributed by atoms with Gasteiger partial charge in [0.1, 0.15) is 5.75 Å². The largest absolute Gasteiger partial charge is 0.482 e. The second kappa shape index (κ2) is 10.8. The van der Waals surface area contributed by atoms with Gasteiger partial charge in [-0.2, -0.15) is 5.10 Å². The molecule has 2 amide bonds. The number of nitrogens with one attached hydrogen (secondary N) is 2. The third-order valence-electron chi connectivity index (χ3n) is 3.95. The number of hydrazone groups is 1. The summed E-state index contributed by atoms with van der Waals surface area (Å²) in [5.74, 6) is -0.415. The van der Waals surface area contributed by atoms with E-state index in [4.69, 9.17) is 39.5 Å². The number of hydrogen-bond acceptors (Lipinski definition) is 4. The Bertz CT molecular complexity index is 1120. The Morgan fingerprint density at radius 3 is 2.39 bits per heavy atom. The maximum atomic E-state index is 12.1. The number of carbonyl (C=O) groups excluding carboxylic acids is 2. The quantitative estimate of drug-likeness (QED) is 0.352. The molecule has 0 bridgehead atoms. The summed E-state index contributed by atoms with van der Waals surface area (Å²) < 4.78 is 5.46. The van der Waals surface area contributed by atoms with E-state index in [1.807, 2.05) is 0 Å². The predicted molar refractivity (Wildman–Crippen MR) is 124 cm³/mol. The molecule has 0 saturated carbocycles. The van der Waals surface area contributed by atoms with Crippen molar-refractivity contribution in [1.29, 1.82) is 0 Å². The molecule has 0 radical (unpaired) electrons. The molecular formula is C22H16Cl3N3O3. The molecule has 0 aromatic heterocycles. The monoisotopic (exact) mass is 475 g/mol. The van der Waals surface area contributed by atoms with Crippen LogP contribution in [0.25, 0.3) is 0 Å². The second-order valence-electron chi connectivity index (χ2n) is 6.21. The minimum atomic E-state index is -0.375. The molecule has 31 heavy (non-hydrogen) atoms. The topological polar surface area (TPSA) is 79.8 Å². The highest BCUT2D eigenvalue weighted by atomic mass is 35.5.